The summed E-state index contributed by atoms with van der Waals surface area (Å²) in [4.78, 5) is 56.5. The van der Waals surface area contributed by atoms with E-state index in [0.717, 1.165) is 51.4 Å². The highest BCUT2D eigenvalue weighted by Gasteiger charge is 2.22. The van der Waals surface area contributed by atoms with E-state index >= 15 is 0 Å². The van der Waals surface area contributed by atoms with Gasteiger partial charge in [-0.15, -0.1) is 0 Å². The Morgan fingerprint density at radius 3 is 0.699 bits per heavy atom. The second-order valence-electron chi connectivity index (χ2n) is 21.8. The van der Waals surface area contributed by atoms with E-state index in [0.29, 0.717) is 59.2 Å². The second kappa shape index (κ2) is 57.5. The monoisotopic (exact) mass is 1030 g/mol. The van der Waals surface area contributed by atoms with Crippen LogP contribution in [-0.4, -0.2) is 98.9 Å². The molecule has 0 saturated carbocycles. The molecule has 0 aromatic heterocycles. The summed E-state index contributed by atoms with van der Waals surface area (Å²) in [5.74, 6) is -0.874. The van der Waals surface area contributed by atoms with E-state index in [1.807, 2.05) is 0 Å². The molecule has 10 heteroatoms. The van der Waals surface area contributed by atoms with E-state index in [1.165, 1.54) is 205 Å². The number of unbranched alkanes of at least 4 members (excludes halogenated alkanes) is 36. The number of hydrogen-bond acceptors (Lipinski definition) is 10. The van der Waals surface area contributed by atoms with E-state index in [1.54, 1.807) is 0 Å². The molecule has 73 heavy (non-hydrogen) atoms. The van der Waals surface area contributed by atoms with Gasteiger partial charge in [0.15, 0.2) is 0 Å². The summed E-state index contributed by atoms with van der Waals surface area (Å²) in [7, 11) is 0. The lowest BCUT2D eigenvalue weighted by Crippen LogP contribution is -2.45. The SMILES string of the molecule is CCCCCCCCCCCCOC(=O)CCN(CCC(=O)OCCCCCCCCCCCC)CC(C)N(CCC(=O)OCCCCCCCCCCCC)CCC(=O)OCCCCCCCCCCCC. The van der Waals surface area contributed by atoms with Crippen LogP contribution in [0, 0.1) is 0 Å². The minimum Gasteiger partial charge on any atom is -0.466 e. The van der Waals surface area contributed by atoms with Crippen molar-refractivity contribution in [2.24, 2.45) is 0 Å². The Balaban J connectivity index is 5.36. The molecule has 0 aliphatic heterocycles. The van der Waals surface area contributed by atoms with Gasteiger partial charge in [0.25, 0.3) is 0 Å². The van der Waals surface area contributed by atoms with Crippen LogP contribution >= 0.6 is 0 Å². The largest absolute Gasteiger partial charge is 0.466 e. The van der Waals surface area contributed by atoms with Gasteiger partial charge in [-0.1, -0.05) is 259 Å². The number of ether oxygens (including phenoxy) is 4. The lowest BCUT2D eigenvalue weighted by molar-refractivity contribution is -0.146. The molecule has 0 N–H and O–H groups in total. The molecule has 0 rings (SSSR count). The topological polar surface area (TPSA) is 112 Å². The molecular formula is C63H122N2O8. The van der Waals surface area contributed by atoms with Crippen molar-refractivity contribution in [3.8, 4) is 0 Å². The average Bonchev–Trinajstić information content (AvgIpc) is 3.38. The van der Waals surface area contributed by atoms with Gasteiger partial charge in [0.05, 0.1) is 52.1 Å². The van der Waals surface area contributed by atoms with E-state index in [2.05, 4.69) is 44.4 Å². The summed E-state index contributed by atoms with van der Waals surface area (Å²) >= 11 is 0. The van der Waals surface area contributed by atoms with Gasteiger partial charge in [0.2, 0.25) is 0 Å². The smallest absolute Gasteiger partial charge is 0.307 e. The van der Waals surface area contributed by atoms with E-state index in [-0.39, 0.29) is 55.6 Å². The van der Waals surface area contributed by atoms with Gasteiger partial charge in [0, 0.05) is 38.8 Å². The zero-order valence-electron chi connectivity index (χ0n) is 49.2. The molecule has 0 saturated heterocycles. The van der Waals surface area contributed by atoms with Crippen LogP contribution in [0.1, 0.15) is 317 Å². The van der Waals surface area contributed by atoms with Gasteiger partial charge >= 0.3 is 23.9 Å². The van der Waals surface area contributed by atoms with Crippen molar-refractivity contribution in [2.75, 3.05) is 59.2 Å². The molecule has 0 amide bonds. The molecule has 0 aromatic rings. The van der Waals surface area contributed by atoms with Crippen molar-refractivity contribution in [3.63, 3.8) is 0 Å². The molecule has 10 nitrogen and oxygen atoms in total. The zero-order valence-corrected chi connectivity index (χ0v) is 49.2. The van der Waals surface area contributed by atoms with Crippen molar-refractivity contribution in [1.29, 1.82) is 0 Å². The Labute approximate surface area is 452 Å². The first-order chi connectivity index (χ1) is 35.8. The predicted octanol–water partition coefficient (Wildman–Crippen LogP) is 17.4. The molecule has 0 spiro atoms. The molecule has 0 bridgehead atoms. The third-order valence-electron chi connectivity index (χ3n) is 14.7. The van der Waals surface area contributed by atoms with Crippen LogP contribution in [0.15, 0.2) is 0 Å². The van der Waals surface area contributed by atoms with Crippen LogP contribution in [0.3, 0.4) is 0 Å². The first-order valence-electron chi connectivity index (χ1n) is 31.9. The first-order valence-corrected chi connectivity index (χ1v) is 31.9. The zero-order chi connectivity index (χ0) is 53.3. The Morgan fingerprint density at radius 2 is 0.479 bits per heavy atom. The molecule has 432 valence electrons. The van der Waals surface area contributed by atoms with Crippen molar-refractivity contribution >= 4 is 23.9 Å². The van der Waals surface area contributed by atoms with E-state index in [4.69, 9.17) is 18.9 Å². The molecular weight excluding hydrogens is 913 g/mol. The molecule has 0 aliphatic rings. The number of rotatable bonds is 59. The van der Waals surface area contributed by atoms with Crippen LogP contribution in [0.2, 0.25) is 0 Å². The van der Waals surface area contributed by atoms with Gasteiger partial charge in [0.1, 0.15) is 0 Å². The number of nitrogens with zero attached hydrogens (tertiary/aromatic N) is 2. The molecule has 1 unspecified atom stereocenters. The van der Waals surface area contributed by atoms with Crippen LogP contribution < -0.4 is 0 Å². The highest BCUT2D eigenvalue weighted by Crippen LogP contribution is 2.16. The maximum atomic E-state index is 13.1. The lowest BCUT2D eigenvalue weighted by Gasteiger charge is -2.33. The summed E-state index contributed by atoms with van der Waals surface area (Å²) in [6.45, 7) is 15.2. The molecule has 0 heterocycles. The van der Waals surface area contributed by atoms with Crippen LogP contribution in [0.5, 0.6) is 0 Å². The Hall–Kier alpha value is -2.20. The second-order valence-corrected chi connectivity index (χ2v) is 21.8. The average molecular weight is 1040 g/mol. The predicted molar refractivity (Wildman–Crippen MR) is 307 cm³/mol. The third kappa shape index (κ3) is 53.0. The Morgan fingerprint density at radius 1 is 0.288 bits per heavy atom. The fourth-order valence-electron chi connectivity index (χ4n) is 9.70. The summed E-state index contributed by atoms with van der Waals surface area (Å²) in [5.41, 5.74) is 0. The molecule has 0 aromatic carbocycles. The highest BCUT2D eigenvalue weighted by atomic mass is 16.5. The van der Waals surface area contributed by atoms with Gasteiger partial charge in [-0.25, -0.2) is 0 Å². The summed E-state index contributed by atoms with van der Waals surface area (Å²) in [6.07, 6.45) is 50.0. The molecule has 0 radical (unpaired) electrons. The number of hydrogen-bond donors (Lipinski definition) is 0. The quantitative estimate of drug-likeness (QED) is 0.0332. The minimum absolute atomic E-state index is 0.0742. The van der Waals surface area contributed by atoms with Crippen molar-refractivity contribution in [3.05, 3.63) is 0 Å². The Bertz CT molecular complexity index is 1120. The van der Waals surface area contributed by atoms with Crippen LogP contribution in [-0.2, 0) is 38.1 Å². The maximum Gasteiger partial charge on any atom is 0.307 e. The summed E-state index contributed by atoms with van der Waals surface area (Å²) in [5, 5.41) is 0. The molecule has 0 fully saturated rings. The fourth-order valence-corrected chi connectivity index (χ4v) is 9.70. The maximum absolute atomic E-state index is 13.1. The normalized spacial score (nSPS) is 11.9. The van der Waals surface area contributed by atoms with Crippen molar-refractivity contribution in [2.45, 2.75) is 323 Å². The molecule has 0 aliphatic carbocycles. The van der Waals surface area contributed by atoms with E-state index in [9.17, 15) is 19.2 Å². The number of esters is 4. The van der Waals surface area contributed by atoms with Gasteiger partial charge in [-0.3, -0.25) is 24.1 Å². The summed E-state index contributed by atoms with van der Waals surface area (Å²) < 4.78 is 22.8. The summed E-state index contributed by atoms with van der Waals surface area (Å²) in [6, 6.07) is -0.0742. The number of carbonyl (C=O) groups excluding carboxylic acids is 4. The van der Waals surface area contributed by atoms with Crippen LogP contribution in [0.4, 0.5) is 0 Å². The lowest BCUT2D eigenvalue weighted by atomic mass is 10.1. The fraction of sp³-hybridized carbons (Fsp3) is 0.937. The standard InChI is InChI=1S/C63H122N2O8/c1-6-10-14-18-22-26-30-34-38-42-54-70-60(66)46-50-64(51-47-61(67)71-55-43-39-35-31-27-23-19-15-11-7-2)58-59(5)65(52-48-62(68)72-56-44-40-36-32-28-24-20-16-12-8-3)53-49-63(69)73-57-45-41-37-33-29-25-21-17-13-9-4/h59H,6-58H2,1-5H3. The van der Waals surface area contributed by atoms with Crippen molar-refractivity contribution in [1.82, 2.24) is 9.80 Å². The first kappa shape index (κ1) is 70.8. The van der Waals surface area contributed by atoms with Gasteiger partial charge < -0.3 is 23.8 Å². The van der Waals surface area contributed by atoms with Crippen molar-refractivity contribution < 1.29 is 38.1 Å². The Kier molecular flexibility index (Phi) is 55.8. The van der Waals surface area contributed by atoms with E-state index < -0.39 is 0 Å². The highest BCUT2D eigenvalue weighted by molar-refractivity contribution is 5.71. The minimum atomic E-state index is -0.219. The third-order valence-corrected chi connectivity index (χ3v) is 14.7. The van der Waals surface area contributed by atoms with Gasteiger partial charge in [-0.2, -0.15) is 0 Å². The molecule has 1 atom stereocenters. The van der Waals surface area contributed by atoms with Crippen LogP contribution in [0.25, 0.3) is 0 Å². The number of carbonyl (C=O) groups is 4. The van der Waals surface area contributed by atoms with Gasteiger partial charge in [-0.05, 0) is 32.6 Å².